The van der Waals surface area contributed by atoms with Gasteiger partial charge < -0.3 is 9.67 Å². The number of imidazole rings is 1. The predicted octanol–water partition coefficient (Wildman–Crippen LogP) is 3.21. The van der Waals surface area contributed by atoms with E-state index in [2.05, 4.69) is 0 Å². The van der Waals surface area contributed by atoms with Gasteiger partial charge in [0.25, 0.3) is 0 Å². The average Bonchev–Trinajstić information content (AvgIpc) is 2.46. The lowest BCUT2D eigenvalue weighted by Crippen LogP contribution is -1.98. The minimum absolute atomic E-state index is 0.109. The summed E-state index contributed by atoms with van der Waals surface area (Å²) in [5, 5.41) is 10.4. The van der Waals surface area contributed by atoms with Crippen LogP contribution in [0.1, 0.15) is 5.56 Å². The van der Waals surface area contributed by atoms with Crippen molar-refractivity contribution in [3.63, 3.8) is 0 Å². The van der Waals surface area contributed by atoms with Crippen molar-refractivity contribution in [2.45, 2.75) is 6.92 Å². The molecule has 0 saturated carbocycles. The SMILES string of the molecule is Cc1ccc(Cl)cc1-n1c(O)cn(C)c1=S. The molecule has 2 aromatic rings. The molecule has 2 rings (SSSR count). The molecule has 1 heterocycles. The largest absolute Gasteiger partial charge is 0.493 e. The van der Waals surface area contributed by atoms with E-state index in [1.807, 2.05) is 19.1 Å². The number of aromatic hydroxyl groups is 1. The summed E-state index contributed by atoms with van der Waals surface area (Å²) in [6.45, 7) is 1.94. The summed E-state index contributed by atoms with van der Waals surface area (Å²) < 4.78 is 3.81. The van der Waals surface area contributed by atoms with Crippen LogP contribution in [0.2, 0.25) is 5.02 Å². The molecule has 1 aromatic heterocycles. The Bertz CT molecular complexity index is 601. The van der Waals surface area contributed by atoms with E-state index < -0.39 is 0 Å². The summed E-state index contributed by atoms with van der Waals surface area (Å²) in [6.07, 6.45) is 1.57. The zero-order chi connectivity index (χ0) is 11.9. The first-order valence-electron chi connectivity index (χ1n) is 4.74. The maximum atomic E-state index is 9.81. The van der Waals surface area contributed by atoms with Crippen LogP contribution in [0.25, 0.3) is 5.69 Å². The normalized spacial score (nSPS) is 10.7. The Morgan fingerprint density at radius 1 is 1.38 bits per heavy atom. The molecule has 16 heavy (non-hydrogen) atoms. The van der Waals surface area contributed by atoms with Crippen LogP contribution in [0.5, 0.6) is 5.88 Å². The number of aryl methyl sites for hydroxylation is 2. The number of rotatable bonds is 1. The standard InChI is InChI=1S/C11H11ClN2OS/c1-7-3-4-8(12)5-9(7)14-10(15)6-13(2)11(14)16/h3-6,15H,1-2H3. The smallest absolute Gasteiger partial charge is 0.214 e. The molecule has 0 atom stereocenters. The van der Waals surface area contributed by atoms with E-state index in [0.717, 1.165) is 11.3 Å². The Hall–Kier alpha value is -1.26. The summed E-state index contributed by atoms with van der Waals surface area (Å²) in [7, 11) is 1.79. The highest BCUT2D eigenvalue weighted by Gasteiger charge is 2.10. The van der Waals surface area contributed by atoms with Crippen LogP contribution in [-0.2, 0) is 7.05 Å². The summed E-state index contributed by atoms with van der Waals surface area (Å²) in [6, 6.07) is 5.49. The van der Waals surface area contributed by atoms with Crippen LogP contribution in [-0.4, -0.2) is 14.2 Å². The molecule has 1 aromatic carbocycles. The summed E-state index contributed by atoms with van der Waals surface area (Å²) in [5.74, 6) is 0.109. The Morgan fingerprint density at radius 2 is 2.06 bits per heavy atom. The van der Waals surface area contributed by atoms with E-state index in [9.17, 15) is 5.11 Å². The monoisotopic (exact) mass is 254 g/mol. The molecule has 0 saturated heterocycles. The molecule has 84 valence electrons. The van der Waals surface area contributed by atoms with Gasteiger partial charge in [0.05, 0.1) is 11.9 Å². The molecule has 0 fully saturated rings. The van der Waals surface area contributed by atoms with Gasteiger partial charge >= 0.3 is 0 Å². The number of halogens is 1. The maximum Gasteiger partial charge on any atom is 0.214 e. The van der Waals surface area contributed by atoms with Gasteiger partial charge in [-0.05, 0) is 36.8 Å². The van der Waals surface area contributed by atoms with E-state index in [1.165, 1.54) is 0 Å². The van der Waals surface area contributed by atoms with Crippen molar-refractivity contribution in [2.24, 2.45) is 7.05 Å². The molecule has 5 heteroatoms. The van der Waals surface area contributed by atoms with Gasteiger partial charge in [-0.15, -0.1) is 0 Å². The lowest BCUT2D eigenvalue weighted by atomic mass is 10.2. The van der Waals surface area contributed by atoms with Crippen LogP contribution in [0.4, 0.5) is 0 Å². The molecule has 0 radical (unpaired) electrons. The molecule has 0 spiro atoms. The lowest BCUT2D eigenvalue weighted by Gasteiger charge is -2.08. The van der Waals surface area contributed by atoms with Crippen LogP contribution >= 0.6 is 23.8 Å². The fourth-order valence-corrected chi connectivity index (χ4v) is 2.00. The van der Waals surface area contributed by atoms with Gasteiger partial charge in [-0.1, -0.05) is 17.7 Å². The topological polar surface area (TPSA) is 30.1 Å². The van der Waals surface area contributed by atoms with Crippen molar-refractivity contribution in [3.05, 3.63) is 39.8 Å². The average molecular weight is 255 g/mol. The molecule has 0 aliphatic rings. The van der Waals surface area contributed by atoms with Crippen molar-refractivity contribution < 1.29 is 5.11 Å². The van der Waals surface area contributed by atoms with Crippen molar-refractivity contribution >= 4 is 23.8 Å². The lowest BCUT2D eigenvalue weighted by molar-refractivity contribution is 0.441. The Balaban J connectivity index is 2.77. The van der Waals surface area contributed by atoms with Crippen LogP contribution < -0.4 is 0 Å². The zero-order valence-corrected chi connectivity index (χ0v) is 10.5. The molecule has 0 aliphatic heterocycles. The highest BCUT2D eigenvalue weighted by molar-refractivity contribution is 7.71. The molecule has 0 aliphatic carbocycles. The molecule has 1 N–H and O–H groups in total. The Kier molecular flexibility index (Phi) is 2.78. The van der Waals surface area contributed by atoms with Crippen molar-refractivity contribution in [3.8, 4) is 11.6 Å². The summed E-state index contributed by atoms with van der Waals surface area (Å²) >= 11 is 11.2. The van der Waals surface area contributed by atoms with Gasteiger partial charge in [0.1, 0.15) is 0 Å². The summed E-state index contributed by atoms with van der Waals surface area (Å²) in [5.41, 5.74) is 1.80. The van der Waals surface area contributed by atoms with E-state index in [4.69, 9.17) is 23.8 Å². The van der Waals surface area contributed by atoms with E-state index in [1.54, 1.807) is 28.4 Å². The first kappa shape index (κ1) is 11.2. The van der Waals surface area contributed by atoms with Crippen molar-refractivity contribution in [2.75, 3.05) is 0 Å². The molecular formula is C11H11ClN2OS. The highest BCUT2D eigenvalue weighted by atomic mass is 35.5. The number of benzene rings is 1. The second kappa shape index (κ2) is 3.96. The molecule has 3 nitrogen and oxygen atoms in total. The van der Waals surface area contributed by atoms with Gasteiger partial charge in [0.15, 0.2) is 4.77 Å². The number of nitrogens with zero attached hydrogens (tertiary/aromatic N) is 2. The van der Waals surface area contributed by atoms with Gasteiger partial charge in [0, 0.05) is 12.1 Å². The third kappa shape index (κ3) is 1.74. The Morgan fingerprint density at radius 3 is 2.62 bits per heavy atom. The van der Waals surface area contributed by atoms with Gasteiger partial charge in [-0.25, -0.2) is 0 Å². The highest BCUT2D eigenvalue weighted by Crippen LogP contribution is 2.24. The van der Waals surface area contributed by atoms with Crippen LogP contribution in [0.15, 0.2) is 24.4 Å². The second-order valence-corrected chi connectivity index (χ2v) is 4.45. The predicted molar refractivity (Wildman–Crippen MR) is 67.0 cm³/mol. The molecule has 0 amide bonds. The maximum absolute atomic E-state index is 9.81. The van der Waals surface area contributed by atoms with E-state index in [-0.39, 0.29) is 5.88 Å². The van der Waals surface area contributed by atoms with Crippen LogP contribution in [0.3, 0.4) is 0 Å². The third-order valence-corrected chi connectivity index (χ3v) is 3.15. The van der Waals surface area contributed by atoms with Crippen molar-refractivity contribution in [1.82, 2.24) is 9.13 Å². The number of hydrogen-bond acceptors (Lipinski definition) is 2. The number of aromatic nitrogens is 2. The second-order valence-electron chi connectivity index (χ2n) is 3.65. The first-order chi connectivity index (χ1) is 7.50. The molecular weight excluding hydrogens is 244 g/mol. The quantitative estimate of drug-likeness (QED) is 0.792. The zero-order valence-electron chi connectivity index (χ0n) is 8.94. The Labute approximate surface area is 104 Å². The van der Waals surface area contributed by atoms with Crippen molar-refractivity contribution in [1.29, 1.82) is 0 Å². The van der Waals surface area contributed by atoms with Gasteiger partial charge in [-0.2, -0.15) is 0 Å². The summed E-state index contributed by atoms with van der Waals surface area (Å²) in [4.78, 5) is 0. The van der Waals surface area contributed by atoms with E-state index in [0.29, 0.717) is 9.79 Å². The fraction of sp³-hybridized carbons (Fsp3) is 0.182. The number of hydrogen-bond donors (Lipinski definition) is 1. The molecule has 0 bridgehead atoms. The van der Waals surface area contributed by atoms with E-state index >= 15 is 0 Å². The first-order valence-corrected chi connectivity index (χ1v) is 5.53. The minimum atomic E-state index is 0.109. The van der Waals surface area contributed by atoms with Crippen LogP contribution in [0, 0.1) is 11.7 Å². The minimum Gasteiger partial charge on any atom is -0.493 e. The van der Waals surface area contributed by atoms with Gasteiger partial charge in [0.2, 0.25) is 5.88 Å². The van der Waals surface area contributed by atoms with Gasteiger partial charge in [-0.3, -0.25) is 4.57 Å². The fourth-order valence-electron chi connectivity index (χ4n) is 1.59. The third-order valence-electron chi connectivity index (χ3n) is 2.44. The molecule has 0 unspecified atom stereocenters.